The second-order valence-electron chi connectivity index (χ2n) is 5.71. The summed E-state index contributed by atoms with van der Waals surface area (Å²) < 4.78 is 31.5. The lowest BCUT2D eigenvalue weighted by Gasteiger charge is -2.32. The van der Waals surface area contributed by atoms with E-state index in [1.807, 2.05) is 6.92 Å². The van der Waals surface area contributed by atoms with Crippen molar-refractivity contribution in [1.82, 2.24) is 14.3 Å². The van der Waals surface area contributed by atoms with Gasteiger partial charge in [0.2, 0.25) is 10.0 Å². The highest BCUT2D eigenvalue weighted by Crippen LogP contribution is 2.32. The number of hydrogen-bond acceptors (Lipinski definition) is 6. The van der Waals surface area contributed by atoms with Crippen molar-refractivity contribution in [2.75, 3.05) is 25.0 Å². The highest BCUT2D eigenvalue weighted by molar-refractivity contribution is 7.90. The standard InChI is InChI=1S/C14H22N4O3S/c1-2-21-14-13(15-7-8-16-14)17-11-5-9-18(10-6-11)22(19,20)12-3-4-12/h7-8,11-12H,2-6,9-10H2,1H3,(H,15,17). The smallest absolute Gasteiger partial charge is 0.257 e. The number of piperidine rings is 1. The Hall–Kier alpha value is -1.41. The minimum atomic E-state index is -3.05. The number of aromatic nitrogens is 2. The average molecular weight is 326 g/mol. The van der Waals surface area contributed by atoms with Crippen LogP contribution in [0.25, 0.3) is 0 Å². The summed E-state index contributed by atoms with van der Waals surface area (Å²) >= 11 is 0. The first-order chi connectivity index (χ1) is 10.6. The minimum absolute atomic E-state index is 0.124. The van der Waals surface area contributed by atoms with E-state index in [9.17, 15) is 8.42 Å². The van der Waals surface area contributed by atoms with E-state index in [1.165, 1.54) is 0 Å². The molecule has 1 saturated carbocycles. The molecule has 0 radical (unpaired) electrons. The largest absolute Gasteiger partial charge is 0.475 e. The normalized spacial score (nSPS) is 20.8. The van der Waals surface area contributed by atoms with Gasteiger partial charge in [-0.15, -0.1) is 0 Å². The average Bonchev–Trinajstić information content (AvgIpc) is 3.35. The molecule has 22 heavy (non-hydrogen) atoms. The SMILES string of the molecule is CCOc1nccnc1NC1CCN(S(=O)(=O)C2CC2)CC1. The van der Waals surface area contributed by atoms with E-state index in [0.717, 1.165) is 25.7 Å². The Balaban J connectivity index is 1.58. The first kappa shape index (κ1) is 15.5. The molecule has 1 aliphatic carbocycles. The lowest BCUT2D eigenvalue weighted by molar-refractivity contribution is 0.318. The molecule has 0 bridgehead atoms. The topological polar surface area (TPSA) is 84.4 Å². The predicted molar refractivity (Wildman–Crippen MR) is 83.4 cm³/mol. The molecule has 0 amide bonds. The quantitative estimate of drug-likeness (QED) is 0.847. The van der Waals surface area contributed by atoms with Crippen molar-refractivity contribution in [1.29, 1.82) is 0 Å². The minimum Gasteiger partial charge on any atom is -0.475 e. The van der Waals surface area contributed by atoms with Crippen LogP contribution < -0.4 is 10.1 Å². The van der Waals surface area contributed by atoms with E-state index < -0.39 is 10.0 Å². The molecule has 1 saturated heterocycles. The van der Waals surface area contributed by atoms with Gasteiger partial charge < -0.3 is 10.1 Å². The van der Waals surface area contributed by atoms with Gasteiger partial charge in [-0.2, -0.15) is 0 Å². The van der Waals surface area contributed by atoms with Crippen molar-refractivity contribution in [2.45, 2.75) is 43.9 Å². The molecule has 1 aromatic heterocycles. The van der Waals surface area contributed by atoms with Gasteiger partial charge in [0.15, 0.2) is 5.82 Å². The maximum absolute atomic E-state index is 12.2. The number of nitrogens with zero attached hydrogens (tertiary/aromatic N) is 3. The molecule has 0 unspecified atom stereocenters. The van der Waals surface area contributed by atoms with Crippen LogP contribution in [0.4, 0.5) is 5.82 Å². The maximum atomic E-state index is 12.2. The van der Waals surface area contributed by atoms with Crippen LogP contribution in [-0.2, 0) is 10.0 Å². The lowest BCUT2D eigenvalue weighted by Crippen LogP contribution is -2.43. The zero-order chi connectivity index (χ0) is 15.6. The zero-order valence-electron chi connectivity index (χ0n) is 12.7. The van der Waals surface area contributed by atoms with E-state index in [1.54, 1.807) is 16.7 Å². The first-order valence-corrected chi connectivity index (χ1v) is 9.31. The van der Waals surface area contributed by atoms with Gasteiger partial charge in [-0.1, -0.05) is 0 Å². The molecule has 0 aromatic carbocycles. The molecule has 2 fully saturated rings. The predicted octanol–water partition coefficient (Wildman–Crippen LogP) is 1.24. The molecule has 3 rings (SSSR count). The van der Waals surface area contributed by atoms with Crippen molar-refractivity contribution in [3.63, 3.8) is 0 Å². The van der Waals surface area contributed by atoms with Crippen LogP contribution in [0, 0.1) is 0 Å². The molecule has 1 N–H and O–H groups in total. The Morgan fingerprint density at radius 1 is 1.23 bits per heavy atom. The second kappa shape index (κ2) is 6.37. The van der Waals surface area contributed by atoms with Gasteiger partial charge >= 0.3 is 0 Å². The number of rotatable bonds is 6. The third-order valence-corrected chi connectivity index (χ3v) is 6.44. The Labute approximate surface area is 131 Å². The van der Waals surface area contributed by atoms with Crippen LogP contribution in [0.2, 0.25) is 0 Å². The van der Waals surface area contributed by atoms with Gasteiger partial charge in [0.1, 0.15) is 0 Å². The van der Waals surface area contributed by atoms with Crippen LogP contribution in [-0.4, -0.2) is 53.7 Å². The summed E-state index contributed by atoms with van der Waals surface area (Å²) in [5.41, 5.74) is 0. The Kier molecular flexibility index (Phi) is 4.49. The monoisotopic (exact) mass is 326 g/mol. The van der Waals surface area contributed by atoms with Gasteiger partial charge in [-0.25, -0.2) is 22.7 Å². The molecule has 1 aromatic rings. The Morgan fingerprint density at radius 3 is 2.55 bits per heavy atom. The van der Waals surface area contributed by atoms with Gasteiger partial charge in [0.25, 0.3) is 5.88 Å². The highest BCUT2D eigenvalue weighted by atomic mass is 32.2. The van der Waals surface area contributed by atoms with E-state index >= 15 is 0 Å². The van der Waals surface area contributed by atoms with Crippen LogP contribution in [0.15, 0.2) is 12.4 Å². The summed E-state index contributed by atoms with van der Waals surface area (Å²) in [6, 6.07) is 0.196. The number of sulfonamides is 1. The van der Waals surface area contributed by atoms with Crippen molar-refractivity contribution >= 4 is 15.8 Å². The number of anilines is 1. The van der Waals surface area contributed by atoms with Crippen molar-refractivity contribution in [3.05, 3.63) is 12.4 Å². The highest BCUT2D eigenvalue weighted by Gasteiger charge is 2.41. The summed E-state index contributed by atoms with van der Waals surface area (Å²) in [5.74, 6) is 1.13. The fourth-order valence-electron chi connectivity index (χ4n) is 2.69. The van der Waals surface area contributed by atoms with Gasteiger partial charge in [-0.05, 0) is 32.6 Å². The molecule has 0 spiro atoms. The van der Waals surface area contributed by atoms with Crippen LogP contribution in [0.1, 0.15) is 32.6 Å². The van der Waals surface area contributed by atoms with E-state index in [4.69, 9.17) is 4.74 Å². The van der Waals surface area contributed by atoms with E-state index in [-0.39, 0.29) is 11.3 Å². The van der Waals surface area contributed by atoms with Gasteiger partial charge in [0.05, 0.1) is 11.9 Å². The van der Waals surface area contributed by atoms with Crippen LogP contribution >= 0.6 is 0 Å². The molecule has 2 aliphatic rings. The molecule has 1 aliphatic heterocycles. The summed E-state index contributed by atoms with van der Waals surface area (Å²) in [6.45, 7) is 3.58. The van der Waals surface area contributed by atoms with Crippen LogP contribution in [0.5, 0.6) is 5.88 Å². The number of hydrogen-bond donors (Lipinski definition) is 1. The molecule has 7 nitrogen and oxygen atoms in total. The molecule has 0 atom stereocenters. The third-order valence-electron chi connectivity index (χ3n) is 4.05. The summed E-state index contributed by atoms with van der Waals surface area (Å²) in [6.07, 6.45) is 6.40. The van der Waals surface area contributed by atoms with E-state index in [2.05, 4.69) is 15.3 Å². The Bertz CT molecular complexity index is 610. The van der Waals surface area contributed by atoms with Crippen molar-refractivity contribution in [2.24, 2.45) is 0 Å². The molecule has 8 heteroatoms. The van der Waals surface area contributed by atoms with E-state index in [0.29, 0.717) is 31.4 Å². The van der Waals surface area contributed by atoms with Crippen LogP contribution in [0.3, 0.4) is 0 Å². The van der Waals surface area contributed by atoms with Gasteiger partial charge in [0, 0.05) is 31.5 Å². The third kappa shape index (κ3) is 3.33. The lowest BCUT2D eigenvalue weighted by atomic mass is 10.1. The number of ether oxygens (including phenoxy) is 1. The molecule has 2 heterocycles. The number of nitrogens with one attached hydrogen (secondary N) is 1. The molecule has 122 valence electrons. The Morgan fingerprint density at radius 2 is 1.91 bits per heavy atom. The van der Waals surface area contributed by atoms with Crippen molar-refractivity contribution < 1.29 is 13.2 Å². The summed E-state index contributed by atoms with van der Waals surface area (Å²) in [5, 5.41) is 3.21. The molecular formula is C14H22N4O3S. The fourth-order valence-corrected chi connectivity index (χ4v) is 4.56. The summed E-state index contributed by atoms with van der Waals surface area (Å²) in [4.78, 5) is 8.43. The molecular weight excluding hydrogens is 304 g/mol. The van der Waals surface area contributed by atoms with Gasteiger partial charge in [-0.3, -0.25) is 0 Å². The maximum Gasteiger partial charge on any atom is 0.257 e. The van der Waals surface area contributed by atoms with Crippen molar-refractivity contribution in [3.8, 4) is 5.88 Å². The fraction of sp³-hybridized carbons (Fsp3) is 0.714. The zero-order valence-corrected chi connectivity index (χ0v) is 13.6. The summed E-state index contributed by atoms with van der Waals surface area (Å²) in [7, 11) is -3.05. The first-order valence-electron chi connectivity index (χ1n) is 7.80. The second-order valence-corrected chi connectivity index (χ2v) is 7.92.